The van der Waals surface area contributed by atoms with Crippen LogP contribution >= 0.6 is 12.6 Å². The van der Waals surface area contributed by atoms with Crippen LogP contribution in [0, 0.1) is 18.3 Å². The Bertz CT molecular complexity index is 404. The molecule has 1 aromatic carbocycles. The standard InChI is InChI=1S/C17H28OS/c1-12(2)15-8-7-13(3)9-16(15)18-10-14(11-19)17(4,5)6/h7-9,12,14,19H,10-11H2,1-6H3. The van der Waals surface area contributed by atoms with Gasteiger partial charge >= 0.3 is 0 Å². The van der Waals surface area contributed by atoms with Crippen molar-refractivity contribution in [3.05, 3.63) is 29.3 Å². The zero-order chi connectivity index (χ0) is 14.6. The summed E-state index contributed by atoms with van der Waals surface area (Å²) in [5.41, 5.74) is 2.76. The molecule has 1 unspecified atom stereocenters. The largest absolute Gasteiger partial charge is 0.493 e. The van der Waals surface area contributed by atoms with E-state index >= 15 is 0 Å². The van der Waals surface area contributed by atoms with Crippen LogP contribution < -0.4 is 4.74 Å². The molecule has 0 spiro atoms. The molecule has 19 heavy (non-hydrogen) atoms. The molecule has 0 heterocycles. The number of ether oxygens (including phenoxy) is 1. The van der Waals surface area contributed by atoms with Crippen LogP contribution in [0.4, 0.5) is 0 Å². The Kier molecular flexibility index (Phi) is 5.79. The highest BCUT2D eigenvalue weighted by Gasteiger charge is 2.24. The molecule has 108 valence electrons. The fraction of sp³-hybridized carbons (Fsp3) is 0.647. The Hall–Kier alpha value is -0.630. The smallest absolute Gasteiger partial charge is 0.123 e. The van der Waals surface area contributed by atoms with E-state index in [2.05, 4.69) is 72.4 Å². The molecule has 0 aromatic heterocycles. The second kappa shape index (κ2) is 6.69. The second-order valence-electron chi connectivity index (χ2n) is 6.75. The van der Waals surface area contributed by atoms with Crippen molar-refractivity contribution < 1.29 is 4.74 Å². The summed E-state index contributed by atoms with van der Waals surface area (Å²) >= 11 is 4.46. The number of benzene rings is 1. The molecule has 0 N–H and O–H groups in total. The Morgan fingerprint density at radius 1 is 1.21 bits per heavy atom. The van der Waals surface area contributed by atoms with Gasteiger partial charge in [0, 0.05) is 5.92 Å². The highest BCUT2D eigenvalue weighted by molar-refractivity contribution is 7.80. The molecule has 0 aliphatic carbocycles. The summed E-state index contributed by atoms with van der Waals surface area (Å²) in [6, 6.07) is 6.48. The lowest BCUT2D eigenvalue weighted by Crippen LogP contribution is -2.28. The van der Waals surface area contributed by atoms with E-state index in [-0.39, 0.29) is 5.41 Å². The summed E-state index contributed by atoms with van der Waals surface area (Å²) < 4.78 is 6.11. The normalized spacial score (nSPS) is 13.7. The van der Waals surface area contributed by atoms with E-state index in [1.807, 2.05) is 0 Å². The van der Waals surface area contributed by atoms with Crippen molar-refractivity contribution >= 4 is 12.6 Å². The maximum Gasteiger partial charge on any atom is 0.123 e. The van der Waals surface area contributed by atoms with Gasteiger partial charge in [0.15, 0.2) is 0 Å². The van der Waals surface area contributed by atoms with E-state index in [4.69, 9.17) is 4.74 Å². The van der Waals surface area contributed by atoms with Crippen LogP contribution in [0.1, 0.15) is 51.7 Å². The first kappa shape index (κ1) is 16.4. The maximum absolute atomic E-state index is 6.11. The number of hydrogen-bond acceptors (Lipinski definition) is 2. The van der Waals surface area contributed by atoms with Crippen LogP contribution in [0.5, 0.6) is 5.75 Å². The quantitative estimate of drug-likeness (QED) is 0.739. The Balaban J connectivity index is 2.84. The average molecular weight is 280 g/mol. The topological polar surface area (TPSA) is 9.23 Å². The van der Waals surface area contributed by atoms with Gasteiger partial charge in [-0.15, -0.1) is 0 Å². The summed E-state index contributed by atoms with van der Waals surface area (Å²) in [6.07, 6.45) is 0. The fourth-order valence-corrected chi connectivity index (χ4v) is 2.66. The fourth-order valence-electron chi connectivity index (χ4n) is 2.01. The van der Waals surface area contributed by atoms with E-state index < -0.39 is 0 Å². The Morgan fingerprint density at radius 2 is 1.84 bits per heavy atom. The SMILES string of the molecule is Cc1ccc(C(C)C)c(OCC(CS)C(C)(C)C)c1. The molecule has 1 rings (SSSR count). The van der Waals surface area contributed by atoms with Crippen molar-refractivity contribution in [1.82, 2.24) is 0 Å². The van der Waals surface area contributed by atoms with Gasteiger partial charge in [-0.1, -0.05) is 46.8 Å². The van der Waals surface area contributed by atoms with Crippen LogP contribution in [-0.2, 0) is 0 Å². The molecule has 0 saturated heterocycles. The summed E-state index contributed by atoms with van der Waals surface area (Å²) in [4.78, 5) is 0. The molecular weight excluding hydrogens is 252 g/mol. The Labute approximate surface area is 124 Å². The molecule has 1 aromatic rings. The third-order valence-corrected chi connectivity index (χ3v) is 4.12. The molecule has 0 aliphatic heterocycles. The van der Waals surface area contributed by atoms with Gasteiger partial charge in [-0.25, -0.2) is 0 Å². The minimum atomic E-state index is 0.226. The van der Waals surface area contributed by atoms with Gasteiger partial charge in [0.1, 0.15) is 5.75 Å². The van der Waals surface area contributed by atoms with Crippen molar-refractivity contribution in [3.63, 3.8) is 0 Å². The molecule has 1 atom stereocenters. The predicted molar refractivity (Wildman–Crippen MR) is 87.6 cm³/mol. The van der Waals surface area contributed by atoms with Gasteiger partial charge in [-0.05, 0) is 41.2 Å². The molecule has 2 heteroatoms. The molecule has 1 nitrogen and oxygen atoms in total. The predicted octanol–water partition coefficient (Wildman–Crippen LogP) is 5.09. The van der Waals surface area contributed by atoms with E-state index in [1.54, 1.807) is 0 Å². The molecular formula is C17H28OS. The van der Waals surface area contributed by atoms with Gasteiger partial charge in [0.2, 0.25) is 0 Å². The van der Waals surface area contributed by atoms with Crippen LogP contribution in [0.25, 0.3) is 0 Å². The summed E-state index contributed by atoms with van der Waals surface area (Å²) in [5, 5.41) is 0. The van der Waals surface area contributed by atoms with Crippen LogP contribution in [-0.4, -0.2) is 12.4 Å². The third-order valence-electron chi connectivity index (χ3n) is 3.68. The van der Waals surface area contributed by atoms with Crippen LogP contribution in [0.2, 0.25) is 0 Å². The van der Waals surface area contributed by atoms with E-state index in [1.165, 1.54) is 11.1 Å². The third kappa shape index (κ3) is 4.76. The van der Waals surface area contributed by atoms with Gasteiger partial charge in [-0.2, -0.15) is 12.6 Å². The molecule has 0 radical (unpaired) electrons. The van der Waals surface area contributed by atoms with Gasteiger partial charge in [0.05, 0.1) is 6.61 Å². The molecule has 0 amide bonds. The molecule has 0 aliphatic rings. The minimum Gasteiger partial charge on any atom is -0.493 e. The molecule has 0 fully saturated rings. The van der Waals surface area contributed by atoms with Gasteiger partial charge in [0.25, 0.3) is 0 Å². The monoisotopic (exact) mass is 280 g/mol. The highest BCUT2D eigenvalue weighted by atomic mass is 32.1. The zero-order valence-corrected chi connectivity index (χ0v) is 14.1. The maximum atomic E-state index is 6.11. The van der Waals surface area contributed by atoms with Gasteiger partial charge in [-0.3, -0.25) is 0 Å². The first-order valence-electron chi connectivity index (χ1n) is 7.10. The first-order valence-corrected chi connectivity index (χ1v) is 7.73. The number of rotatable bonds is 5. The zero-order valence-electron chi connectivity index (χ0n) is 13.2. The van der Waals surface area contributed by atoms with Crippen LogP contribution in [0.3, 0.4) is 0 Å². The number of thiol groups is 1. The van der Waals surface area contributed by atoms with Crippen LogP contribution in [0.15, 0.2) is 18.2 Å². The lowest BCUT2D eigenvalue weighted by Gasteiger charge is -2.29. The highest BCUT2D eigenvalue weighted by Crippen LogP contribution is 2.31. The minimum absolute atomic E-state index is 0.226. The van der Waals surface area contributed by atoms with Crippen molar-refractivity contribution in [2.24, 2.45) is 11.3 Å². The summed E-state index contributed by atoms with van der Waals surface area (Å²) in [5.74, 6) is 2.83. The second-order valence-corrected chi connectivity index (χ2v) is 7.12. The van der Waals surface area contributed by atoms with Crippen molar-refractivity contribution in [2.45, 2.75) is 47.5 Å². The first-order chi connectivity index (χ1) is 8.75. The van der Waals surface area contributed by atoms with E-state index in [0.717, 1.165) is 18.1 Å². The van der Waals surface area contributed by atoms with Crippen molar-refractivity contribution in [1.29, 1.82) is 0 Å². The lowest BCUT2D eigenvalue weighted by molar-refractivity contribution is 0.164. The van der Waals surface area contributed by atoms with E-state index in [9.17, 15) is 0 Å². The van der Waals surface area contributed by atoms with Crippen molar-refractivity contribution in [3.8, 4) is 5.75 Å². The van der Waals surface area contributed by atoms with Crippen molar-refractivity contribution in [2.75, 3.05) is 12.4 Å². The molecule has 0 saturated carbocycles. The summed E-state index contributed by atoms with van der Waals surface area (Å²) in [6.45, 7) is 14.0. The number of hydrogen-bond donors (Lipinski definition) is 1. The average Bonchev–Trinajstić information content (AvgIpc) is 2.27. The van der Waals surface area contributed by atoms with E-state index in [0.29, 0.717) is 11.8 Å². The number of aryl methyl sites for hydroxylation is 1. The van der Waals surface area contributed by atoms with Gasteiger partial charge < -0.3 is 4.74 Å². The lowest BCUT2D eigenvalue weighted by atomic mass is 9.82. The molecule has 0 bridgehead atoms. The summed E-state index contributed by atoms with van der Waals surface area (Å²) in [7, 11) is 0. The Morgan fingerprint density at radius 3 is 2.32 bits per heavy atom.